The Morgan fingerprint density at radius 2 is 1.97 bits per heavy atom. The molecule has 1 aromatic heterocycles. The third-order valence-electron chi connectivity index (χ3n) is 5.73. The number of rotatable bonds is 5. The fourth-order valence-corrected chi connectivity index (χ4v) is 4.23. The molecule has 5 N–H and O–H groups in total. The van der Waals surface area contributed by atoms with E-state index in [-0.39, 0.29) is 18.0 Å². The van der Waals surface area contributed by atoms with Gasteiger partial charge in [0, 0.05) is 37.6 Å². The number of pyridine rings is 1. The second-order valence-corrected chi connectivity index (χ2v) is 9.27. The summed E-state index contributed by atoms with van der Waals surface area (Å²) in [4.78, 5) is 33.7. The SMILES string of the molecule is CN=CC(=CN)c1nc(NC2CCCCC2NC(=O)OC(C)(C)C)c(C)c2c1C(=O)NC2. The number of carbonyl (C=O) groups is 2. The van der Waals surface area contributed by atoms with Crippen LogP contribution in [0.1, 0.15) is 73.6 Å². The molecule has 2 amide bonds. The molecule has 1 saturated carbocycles. The number of amides is 2. The molecular formula is C23H34N6O3. The molecule has 1 aromatic rings. The molecule has 0 spiro atoms. The molecule has 1 fully saturated rings. The molecule has 174 valence electrons. The molecule has 9 heteroatoms. The molecule has 3 rings (SSSR count). The van der Waals surface area contributed by atoms with Crippen molar-refractivity contribution in [3.63, 3.8) is 0 Å². The van der Waals surface area contributed by atoms with Gasteiger partial charge in [-0.25, -0.2) is 9.78 Å². The lowest BCUT2D eigenvalue weighted by Crippen LogP contribution is -2.50. The van der Waals surface area contributed by atoms with Gasteiger partial charge in [0.1, 0.15) is 11.4 Å². The van der Waals surface area contributed by atoms with Crippen LogP contribution in [0.15, 0.2) is 11.2 Å². The Morgan fingerprint density at radius 3 is 2.59 bits per heavy atom. The van der Waals surface area contributed by atoms with Gasteiger partial charge in [0.15, 0.2) is 0 Å². The summed E-state index contributed by atoms with van der Waals surface area (Å²) in [5.41, 5.74) is 8.70. The van der Waals surface area contributed by atoms with Crippen LogP contribution < -0.4 is 21.7 Å². The zero-order valence-electron chi connectivity index (χ0n) is 19.5. The maximum atomic E-state index is 12.5. The topological polar surface area (TPSA) is 131 Å². The van der Waals surface area contributed by atoms with Gasteiger partial charge in [-0.05, 0) is 51.7 Å². The smallest absolute Gasteiger partial charge is 0.407 e. The third kappa shape index (κ3) is 5.20. The lowest BCUT2D eigenvalue weighted by molar-refractivity contribution is 0.0488. The van der Waals surface area contributed by atoms with Gasteiger partial charge in [-0.15, -0.1) is 0 Å². The standard InChI is InChI=1S/C23H34N6O3/c1-13-15-12-26-21(30)18(15)19(14(10-24)11-25-5)29-20(13)27-16-8-6-7-9-17(16)28-22(31)32-23(2,3)4/h10-11,16-17H,6-9,12,24H2,1-5H3,(H,26,30)(H,27,29)(H,28,31). The normalized spacial score (nSPS) is 21.3. The van der Waals surface area contributed by atoms with Crippen LogP contribution in [-0.2, 0) is 11.3 Å². The minimum atomic E-state index is -0.556. The van der Waals surface area contributed by atoms with Crippen molar-refractivity contribution in [3.05, 3.63) is 28.6 Å². The Balaban J connectivity index is 1.92. The molecule has 0 bridgehead atoms. The fraction of sp³-hybridized carbons (Fsp3) is 0.565. The summed E-state index contributed by atoms with van der Waals surface area (Å²) in [6, 6.07) is -0.0958. The number of carbonyl (C=O) groups excluding carboxylic acids is 2. The predicted octanol–water partition coefficient (Wildman–Crippen LogP) is 2.88. The predicted molar refractivity (Wildman–Crippen MR) is 126 cm³/mol. The molecule has 2 atom stereocenters. The largest absolute Gasteiger partial charge is 0.444 e. The Labute approximate surface area is 189 Å². The maximum Gasteiger partial charge on any atom is 0.407 e. The Hall–Kier alpha value is -3.10. The van der Waals surface area contributed by atoms with E-state index in [1.165, 1.54) is 6.20 Å². The summed E-state index contributed by atoms with van der Waals surface area (Å²) < 4.78 is 5.45. The zero-order valence-corrected chi connectivity index (χ0v) is 19.5. The van der Waals surface area contributed by atoms with E-state index < -0.39 is 11.7 Å². The number of allylic oxidation sites excluding steroid dienone is 1. The fourth-order valence-electron chi connectivity index (χ4n) is 4.23. The molecule has 0 saturated heterocycles. The van der Waals surface area contributed by atoms with E-state index in [2.05, 4.69) is 20.9 Å². The number of hydrogen-bond acceptors (Lipinski definition) is 7. The molecule has 2 unspecified atom stereocenters. The summed E-state index contributed by atoms with van der Waals surface area (Å²) >= 11 is 0. The Morgan fingerprint density at radius 1 is 1.28 bits per heavy atom. The second-order valence-electron chi connectivity index (χ2n) is 9.27. The Bertz CT molecular complexity index is 948. The van der Waals surface area contributed by atoms with Crippen molar-refractivity contribution in [1.29, 1.82) is 0 Å². The van der Waals surface area contributed by atoms with Crippen LogP contribution >= 0.6 is 0 Å². The van der Waals surface area contributed by atoms with E-state index in [0.29, 0.717) is 29.2 Å². The number of nitrogens with one attached hydrogen (secondary N) is 3. The first-order valence-corrected chi connectivity index (χ1v) is 11.1. The number of aliphatic imine (C=N–C) groups is 1. The van der Waals surface area contributed by atoms with Gasteiger partial charge in [-0.3, -0.25) is 9.79 Å². The van der Waals surface area contributed by atoms with E-state index in [1.807, 2.05) is 27.7 Å². The monoisotopic (exact) mass is 442 g/mol. The second kappa shape index (κ2) is 9.58. The van der Waals surface area contributed by atoms with Crippen molar-refractivity contribution < 1.29 is 14.3 Å². The third-order valence-corrected chi connectivity index (χ3v) is 5.73. The van der Waals surface area contributed by atoms with Crippen LogP contribution in [0.5, 0.6) is 0 Å². The molecule has 2 aliphatic rings. The van der Waals surface area contributed by atoms with Gasteiger partial charge in [0.05, 0.1) is 17.3 Å². The average molecular weight is 443 g/mol. The Kier molecular flexibility index (Phi) is 7.06. The highest BCUT2D eigenvalue weighted by molar-refractivity contribution is 6.14. The van der Waals surface area contributed by atoms with Crippen LogP contribution in [0.4, 0.5) is 10.6 Å². The highest BCUT2D eigenvalue weighted by Crippen LogP contribution is 2.32. The summed E-state index contributed by atoms with van der Waals surface area (Å²) in [6.07, 6.45) is 6.42. The molecule has 32 heavy (non-hydrogen) atoms. The van der Waals surface area contributed by atoms with Crippen LogP contribution in [-0.4, -0.2) is 47.9 Å². The summed E-state index contributed by atoms with van der Waals surface area (Å²) in [6.45, 7) is 7.94. The molecule has 1 aliphatic carbocycles. The lowest BCUT2D eigenvalue weighted by atomic mass is 9.90. The number of fused-ring (bicyclic) bond motifs is 1. The molecular weight excluding hydrogens is 408 g/mol. The van der Waals surface area contributed by atoms with E-state index in [4.69, 9.17) is 15.5 Å². The molecule has 2 heterocycles. The maximum absolute atomic E-state index is 12.5. The number of nitrogens with zero attached hydrogens (tertiary/aromatic N) is 2. The van der Waals surface area contributed by atoms with Gasteiger partial charge < -0.3 is 26.4 Å². The van der Waals surface area contributed by atoms with Gasteiger partial charge in [0.25, 0.3) is 5.91 Å². The molecule has 0 aromatic carbocycles. The van der Waals surface area contributed by atoms with Gasteiger partial charge in [0.2, 0.25) is 0 Å². The van der Waals surface area contributed by atoms with E-state index >= 15 is 0 Å². The molecule has 1 aliphatic heterocycles. The molecule has 0 radical (unpaired) electrons. The number of aromatic nitrogens is 1. The van der Waals surface area contributed by atoms with E-state index in [9.17, 15) is 9.59 Å². The minimum Gasteiger partial charge on any atom is -0.444 e. The number of anilines is 1. The van der Waals surface area contributed by atoms with Crippen molar-refractivity contribution in [2.75, 3.05) is 12.4 Å². The minimum absolute atomic E-state index is 0.0106. The van der Waals surface area contributed by atoms with E-state index in [0.717, 1.165) is 36.8 Å². The van der Waals surface area contributed by atoms with Gasteiger partial charge >= 0.3 is 6.09 Å². The van der Waals surface area contributed by atoms with Gasteiger partial charge in [-0.2, -0.15) is 0 Å². The van der Waals surface area contributed by atoms with Crippen molar-refractivity contribution in [3.8, 4) is 0 Å². The first-order valence-electron chi connectivity index (χ1n) is 11.1. The van der Waals surface area contributed by atoms with Crippen LogP contribution in [0.2, 0.25) is 0 Å². The first-order chi connectivity index (χ1) is 15.1. The summed E-state index contributed by atoms with van der Waals surface area (Å²) in [7, 11) is 1.64. The summed E-state index contributed by atoms with van der Waals surface area (Å²) in [5.74, 6) is 0.519. The lowest BCUT2D eigenvalue weighted by Gasteiger charge is -2.34. The average Bonchev–Trinajstić information content (AvgIpc) is 3.10. The van der Waals surface area contributed by atoms with E-state index in [1.54, 1.807) is 13.3 Å². The number of alkyl carbamates (subject to hydrolysis) is 1. The number of hydrogen-bond donors (Lipinski definition) is 4. The zero-order chi connectivity index (χ0) is 23.5. The number of ether oxygens (including phenoxy) is 1. The van der Waals surface area contributed by atoms with Crippen LogP contribution in [0, 0.1) is 6.92 Å². The van der Waals surface area contributed by atoms with Crippen LogP contribution in [0.25, 0.3) is 5.57 Å². The van der Waals surface area contributed by atoms with Crippen molar-refractivity contribution >= 4 is 29.6 Å². The quantitative estimate of drug-likeness (QED) is 0.519. The molecule has 9 nitrogen and oxygen atoms in total. The summed E-state index contributed by atoms with van der Waals surface area (Å²) in [5, 5.41) is 9.45. The van der Waals surface area contributed by atoms with Crippen LogP contribution in [0.3, 0.4) is 0 Å². The van der Waals surface area contributed by atoms with Crippen molar-refractivity contribution in [2.24, 2.45) is 10.7 Å². The van der Waals surface area contributed by atoms with Crippen molar-refractivity contribution in [1.82, 2.24) is 15.6 Å². The van der Waals surface area contributed by atoms with Gasteiger partial charge in [-0.1, -0.05) is 12.8 Å². The number of nitrogens with two attached hydrogens (primary N) is 1. The highest BCUT2D eigenvalue weighted by atomic mass is 16.6. The first kappa shape index (κ1) is 23.6. The van der Waals surface area contributed by atoms with Crippen molar-refractivity contribution in [2.45, 2.75) is 77.6 Å². The highest BCUT2D eigenvalue weighted by Gasteiger charge is 2.32.